The second kappa shape index (κ2) is 11.6. The summed E-state index contributed by atoms with van der Waals surface area (Å²) in [5.74, 6) is -0.290. The van der Waals surface area contributed by atoms with Crippen LogP contribution in [0, 0.1) is 20.8 Å². The van der Waals surface area contributed by atoms with Crippen LogP contribution in [0.4, 0.5) is 18.9 Å². The molecule has 7 heteroatoms. The maximum Gasteiger partial charge on any atom is 0.416 e. The number of aryl methyl sites for hydroxylation is 1. The van der Waals surface area contributed by atoms with Gasteiger partial charge in [-0.15, -0.1) is 0 Å². The Morgan fingerprint density at radius 2 is 1.66 bits per heavy atom. The first-order valence-corrected chi connectivity index (χ1v) is 10.9. The Morgan fingerprint density at radius 3 is 2.29 bits per heavy atom. The molecule has 0 atom stereocenters. The lowest BCUT2D eigenvalue weighted by Crippen LogP contribution is -2.10. The summed E-state index contributed by atoms with van der Waals surface area (Å²) in [7, 11) is 1.66. The fraction of sp³-hybridized carbons (Fsp3) is 0.250. The van der Waals surface area contributed by atoms with Gasteiger partial charge < -0.3 is 15.2 Å². The number of esters is 1. The summed E-state index contributed by atoms with van der Waals surface area (Å²) < 4.78 is 49.0. The fourth-order valence-corrected chi connectivity index (χ4v) is 3.33. The number of methoxy groups -OCH3 is 1. The number of hydrogen-bond acceptors (Lipinski definition) is 4. The highest BCUT2D eigenvalue weighted by atomic mass is 19.4. The normalized spacial score (nSPS) is 13.1. The van der Waals surface area contributed by atoms with Gasteiger partial charge in [-0.1, -0.05) is 36.0 Å². The standard InChI is InChI=1S/C28H30F3NO3/c1-17(10-12-23-19(3)15-25(34-6)21(5)20(23)4)8-7-9-18(2)14-27(33)35-26-16-22(28(29,30)31)11-13-24(26)32/h7-16H,32H2,1-6H3. The van der Waals surface area contributed by atoms with Gasteiger partial charge in [-0.25, -0.2) is 4.79 Å². The molecule has 0 amide bonds. The zero-order valence-electron chi connectivity index (χ0n) is 20.7. The molecule has 0 saturated carbocycles. The zero-order chi connectivity index (χ0) is 26.3. The van der Waals surface area contributed by atoms with E-state index in [1.54, 1.807) is 26.2 Å². The number of carbonyl (C=O) groups excluding carboxylic acids is 1. The first-order chi connectivity index (χ1) is 16.3. The van der Waals surface area contributed by atoms with E-state index in [1.165, 1.54) is 6.08 Å². The van der Waals surface area contributed by atoms with Crippen LogP contribution in [0.3, 0.4) is 0 Å². The molecule has 35 heavy (non-hydrogen) atoms. The van der Waals surface area contributed by atoms with Gasteiger partial charge in [0.05, 0.1) is 18.4 Å². The Kier molecular flexibility index (Phi) is 9.12. The summed E-state index contributed by atoms with van der Waals surface area (Å²) in [6, 6.07) is 4.61. The number of hydrogen-bond donors (Lipinski definition) is 1. The van der Waals surface area contributed by atoms with Gasteiger partial charge in [-0.2, -0.15) is 13.2 Å². The molecule has 2 rings (SSSR count). The largest absolute Gasteiger partial charge is 0.496 e. The second-order valence-electron chi connectivity index (χ2n) is 8.22. The Bertz CT molecular complexity index is 1220. The quantitative estimate of drug-likeness (QED) is 0.147. The number of nitrogen functional groups attached to an aromatic ring is 1. The Labute approximate surface area is 204 Å². The number of halogens is 3. The maximum atomic E-state index is 12.9. The lowest BCUT2D eigenvalue weighted by molar-refractivity contribution is -0.138. The summed E-state index contributed by atoms with van der Waals surface area (Å²) in [6.45, 7) is 9.75. The molecular formula is C28H30F3NO3. The van der Waals surface area contributed by atoms with Crippen molar-refractivity contribution in [2.75, 3.05) is 12.8 Å². The molecule has 186 valence electrons. The lowest BCUT2D eigenvalue weighted by Gasteiger charge is -2.13. The molecule has 0 unspecified atom stereocenters. The van der Waals surface area contributed by atoms with Gasteiger partial charge in [0.15, 0.2) is 5.75 Å². The number of carbonyl (C=O) groups is 1. The average Bonchev–Trinajstić information content (AvgIpc) is 2.76. The SMILES string of the molecule is COc1cc(C)c(C=CC(C)=CC=CC(C)=CC(=O)Oc2cc(C(F)(F)F)ccc2N)c(C)c1C. The molecule has 2 aromatic rings. The molecule has 2 aromatic carbocycles. The molecule has 2 N–H and O–H groups in total. The molecule has 0 heterocycles. The number of alkyl halides is 3. The zero-order valence-corrected chi connectivity index (χ0v) is 20.7. The van der Waals surface area contributed by atoms with Crippen molar-refractivity contribution < 1.29 is 27.4 Å². The van der Waals surface area contributed by atoms with Gasteiger partial charge in [-0.05, 0) is 86.7 Å². The van der Waals surface area contributed by atoms with E-state index >= 15 is 0 Å². The number of allylic oxidation sites excluding steroid dienone is 6. The molecular weight excluding hydrogens is 455 g/mol. The summed E-state index contributed by atoms with van der Waals surface area (Å²) in [6.07, 6.45) is 6.02. The maximum absolute atomic E-state index is 12.9. The third-order valence-electron chi connectivity index (χ3n) is 5.46. The first-order valence-electron chi connectivity index (χ1n) is 10.9. The van der Waals surface area contributed by atoms with E-state index in [1.807, 2.05) is 39.0 Å². The van der Waals surface area contributed by atoms with Crippen LogP contribution in [0.25, 0.3) is 6.08 Å². The van der Waals surface area contributed by atoms with Crippen molar-refractivity contribution in [1.29, 1.82) is 0 Å². The predicted molar refractivity (Wildman–Crippen MR) is 134 cm³/mol. The van der Waals surface area contributed by atoms with E-state index in [4.69, 9.17) is 15.2 Å². The highest BCUT2D eigenvalue weighted by Gasteiger charge is 2.31. The van der Waals surface area contributed by atoms with Gasteiger partial charge in [0.2, 0.25) is 0 Å². The van der Waals surface area contributed by atoms with Crippen LogP contribution in [-0.4, -0.2) is 13.1 Å². The predicted octanol–water partition coefficient (Wildman–Crippen LogP) is 7.29. The van der Waals surface area contributed by atoms with E-state index < -0.39 is 17.7 Å². The van der Waals surface area contributed by atoms with E-state index in [9.17, 15) is 18.0 Å². The monoisotopic (exact) mass is 485 g/mol. The highest BCUT2D eigenvalue weighted by molar-refractivity contribution is 5.86. The van der Waals surface area contributed by atoms with Crippen LogP contribution in [0.5, 0.6) is 11.5 Å². The van der Waals surface area contributed by atoms with Gasteiger partial charge >= 0.3 is 12.1 Å². The van der Waals surface area contributed by atoms with Crippen LogP contribution in [0.15, 0.2) is 65.8 Å². The summed E-state index contributed by atoms with van der Waals surface area (Å²) >= 11 is 0. The van der Waals surface area contributed by atoms with Crippen LogP contribution in [0.2, 0.25) is 0 Å². The number of ether oxygens (including phenoxy) is 2. The molecule has 0 aliphatic carbocycles. The van der Waals surface area contributed by atoms with Crippen LogP contribution >= 0.6 is 0 Å². The second-order valence-corrected chi connectivity index (χ2v) is 8.22. The van der Waals surface area contributed by atoms with Crippen molar-refractivity contribution in [3.05, 3.63) is 93.6 Å². The first kappa shape index (κ1) is 27.5. The van der Waals surface area contributed by atoms with E-state index in [-0.39, 0.29) is 11.4 Å². The summed E-state index contributed by atoms with van der Waals surface area (Å²) in [5.41, 5.74) is 10.7. The van der Waals surface area contributed by atoms with Gasteiger partial charge in [0.25, 0.3) is 0 Å². The Morgan fingerprint density at radius 1 is 0.971 bits per heavy atom. The minimum absolute atomic E-state index is 0.0594. The van der Waals surface area contributed by atoms with Gasteiger partial charge in [0.1, 0.15) is 5.75 Å². The minimum atomic E-state index is -4.56. The number of benzene rings is 2. The smallest absolute Gasteiger partial charge is 0.416 e. The van der Waals surface area contributed by atoms with Crippen LogP contribution < -0.4 is 15.2 Å². The third-order valence-corrected chi connectivity index (χ3v) is 5.46. The van der Waals surface area contributed by atoms with E-state index in [0.717, 1.165) is 45.7 Å². The van der Waals surface area contributed by atoms with Crippen molar-refractivity contribution >= 4 is 17.7 Å². The number of nitrogens with two attached hydrogens (primary N) is 1. The third kappa shape index (κ3) is 7.64. The van der Waals surface area contributed by atoms with Crippen molar-refractivity contribution in [2.24, 2.45) is 0 Å². The highest BCUT2D eigenvalue weighted by Crippen LogP contribution is 2.34. The molecule has 0 spiro atoms. The molecule has 0 aromatic heterocycles. The minimum Gasteiger partial charge on any atom is -0.496 e. The molecule has 0 fully saturated rings. The van der Waals surface area contributed by atoms with Gasteiger partial charge in [-0.3, -0.25) is 0 Å². The van der Waals surface area contributed by atoms with E-state index in [0.29, 0.717) is 11.6 Å². The van der Waals surface area contributed by atoms with Gasteiger partial charge in [0, 0.05) is 6.08 Å². The van der Waals surface area contributed by atoms with Crippen LogP contribution in [-0.2, 0) is 11.0 Å². The summed E-state index contributed by atoms with van der Waals surface area (Å²) in [4.78, 5) is 12.1. The molecule has 0 radical (unpaired) electrons. The molecule has 0 bridgehead atoms. The fourth-order valence-electron chi connectivity index (χ4n) is 3.33. The van der Waals surface area contributed by atoms with Crippen molar-refractivity contribution in [2.45, 2.75) is 40.8 Å². The summed E-state index contributed by atoms with van der Waals surface area (Å²) in [5, 5.41) is 0. The van der Waals surface area contributed by atoms with Crippen molar-refractivity contribution in [1.82, 2.24) is 0 Å². The van der Waals surface area contributed by atoms with Crippen LogP contribution in [0.1, 0.15) is 41.7 Å². The Balaban J connectivity index is 2.08. The Hall–Kier alpha value is -3.74. The van der Waals surface area contributed by atoms with Crippen molar-refractivity contribution in [3.8, 4) is 11.5 Å². The molecule has 0 saturated heterocycles. The average molecular weight is 486 g/mol. The van der Waals surface area contributed by atoms with E-state index in [2.05, 4.69) is 13.0 Å². The number of rotatable bonds is 7. The molecule has 0 aliphatic heterocycles. The molecule has 4 nitrogen and oxygen atoms in total. The molecule has 0 aliphatic rings. The number of anilines is 1. The lowest BCUT2D eigenvalue weighted by atomic mass is 9.96. The topological polar surface area (TPSA) is 61.5 Å². The van der Waals surface area contributed by atoms with Crippen molar-refractivity contribution in [3.63, 3.8) is 0 Å².